The smallest absolute Gasteiger partial charge is 0.122 e. The molecule has 0 fully saturated rings. The maximum absolute atomic E-state index is 9.19. The fraction of sp³-hybridized carbons (Fsp3) is 0.143. The van der Waals surface area contributed by atoms with Crippen LogP contribution in [-0.2, 0) is 5.75 Å². The van der Waals surface area contributed by atoms with Gasteiger partial charge in [0.15, 0.2) is 0 Å². The molecule has 0 amide bonds. The molecule has 0 saturated heterocycles. The van der Waals surface area contributed by atoms with Crippen LogP contribution < -0.4 is 4.74 Å². The Kier molecular flexibility index (Phi) is 3.94. The van der Waals surface area contributed by atoms with Gasteiger partial charge in [-0.1, -0.05) is 18.2 Å². The van der Waals surface area contributed by atoms with E-state index < -0.39 is 0 Å². The van der Waals surface area contributed by atoms with E-state index in [4.69, 9.17) is 4.74 Å². The molecule has 2 aromatic carbocycles. The van der Waals surface area contributed by atoms with E-state index in [1.165, 1.54) is 5.56 Å². The van der Waals surface area contributed by atoms with Gasteiger partial charge in [-0.2, -0.15) is 0 Å². The van der Waals surface area contributed by atoms with Crippen molar-refractivity contribution in [2.45, 2.75) is 10.6 Å². The Labute approximate surface area is 105 Å². The van der Waals surface area contributed by atoms with E-state index in [-0.39, 0.29) is 0 Å². The molecular weight excluding hydrogens is 232 g/mol. The highest BCUT2D eigenvalue weighted by Gasteiger charge is 2.02. The number of hydrogen-bond acceptors (Lipinski definition) is 3. The van der Waals surface area contributed by atoms with Gasteiger partial charge in [-0.3, -0.25) is 0 Å². The predicted octanol–water partition coefficient (Wildman–Crippen LogP) is 3.69. The van der Waals surface area contributed by atoms with Gasteiger partial charge >= 0.3 is 0 Å². The van der Waals surface area contributed by atoms with Gasteiger partial charge in [0.05, 0.1) is 7.11 Å². The molecule has 0 radical (unpaired) electrons. The van der Waals surface area contributed by atoms with Crippen molar-refractivity contribution in [1.29, 1.82) is 0 Å². The SMILES string of the molecule is COc1ccccc1CSc1ccc(O)cc1. The van der Waals surface area contributed by atoms with Gasteiger partial charge in [-0.05, 0) is 30.3 Å². The van der Waals surface area contributed by atoms with Crippen LogP contribution in [0.1, 0.15) is 5.56 Å². The summed E-state index contributed by atoms with van der Waals surface area (Å²) in [4.78, 5) is 1.13. The minimum Gasteiger partial charge on any atom is -0.508 e. The Hall–Kier alpha value is -1.61. The van der Waals surface area contributed by atoms with Crippen LogP contribution in [0.3, 0.4) is 0 Å². The molecule has 0 bridgehead atoms. The molecule has 0 spiro atoms. The van der Waals surface area contributed by atoms with Crippen molar-refractivity contribution in [1.82, 2.24) is 0 Å². The topological polar surface area (TPSA) is 29.5 Å². The molecule has 0 saturated carbocycles. The van der Waals surface area contributed by atoms with Crippen LogP contribution in [0, 0.1) is 0 Å². The van der Waals surface area contributed by atoms with Gasteiger partial charge in [-0.25, -0.2) is 0 Å². The van der Waals surface area contributed by atoms with Crippen molar-refractivity contribution in [2.75, 3.05) is 7.11 Å². The first-order chi connectivity index (χ1) is 8.29. The summed E-state index contributed by atoms with van der Waals surface area (Å²) in [5.41, 5.74) is 1.17. The summed E-state index contributed by atoms with van der Waals surface area (Å²) in [5.74, 6) is 2.07. The van der Waals surface area contributed by atoms with Gasteiger partial charge in [0.2, 0.25) is 0 Å². The van der Waals surface area contributed by atoms with Crippen molar-refractivity contribution < 1.29 is 9.84 Å². The second kappa shape index (κ2) is 5.64. The van der Waals surface area contributed by atoms with Crippen LogP contribution in [0.15, 0.2) is 53.4 Å². The average Bonchev–Trinajstić information content (AvgIpc) is 2.38. The normalized spacial score (nSPS) is 10.2. The maximum atomic E-state index is 9.19. The van der Waals surface area contributed by atoms with Crippen LogP contribution in [0.5, 0.6) is 11.5 Å². The maximum Gasteiger partial charge on any atom is 0.122 e. The summed E-state index contributed by atoms with van der Waals surface area (Å²) in [5, 5.41) is 9.19. The Morgan fingerprint density at radius 1 is 1.06 bits per heavy atom. The number of rotatable bonds is 4. The largest absolute Gasteiger partial charge is 0.508 e. The number of ether oxygens (including phenoxy) is 1. The van der Waals surface area contributed by atoms with E-state index in [0.717, 1.165) is 16.4 Å². The molecule has 0 aliphatic rings. The van der Waals surface area contributed by atoms with Crippen molar-refractivity contribution in [3.63, 3.8) is 0 Å². The monoisotopic (exact) mass is 246 g/mol. The van der Waals surface area contributed by atoms with E-state index in [1.807, 2.05) is 30.3 Å². The van der Waals surface area contributed by atoms with Gasteiger partial charge in [0.1, 0.15) is 11.5 Å². The van der Waals surface area contributed by atoms with Crippen molar-refractivity contribution in [3.8, 4) is 11.5 Å². The molecule has 3 heteroatoms. The number of methoxy groups -OCH3 is 1. The third kappa shape index (κ3) is 3.17. The van der Waals surface area contributed by atoms with E-state index in [2.05, 4.69) is 6.07 Å². The molecule has 1 N–H and O–H groups in total. The molecule has 0 aliphatic heterocycles. The molecule has 0 heterocycles. The first-order valence-electron chi connectivity index (χ1n) is 5.33. The minimum absolute atomic E-state index is 0.298. The first kappa shape index (κ1) is 11.9. The van der Waals surface area contributed by atoms with Crippen LogP contribution in [0.25, 0.3) is 0 Å². The van der Waals surface area contributed by atoms with Crippen molar-refractivity contribution >= 4 is 11.8 Å². The number of benzene rings is 2. The molecule has 17 heavy (non-hydrogen) atoms. The highest BCUT2D eigenvalue weighted by Crippen LogP contribution is 2.28. The third-order valence-corrected chi connectivity index (χ3v) is 3.48. The Morgan fingerprint density at radius 3 is 2.47 bits per heavy atom. The number of aromatic hydroxyl groups is 1. The van der Waals surface area contributed by atoms with E-state index in [9.17, 15) is 5.11 Å². The Balaban J connectivity index is 2.04. The second-order valence-electron chi connectivity index (χ2n) is 3.59. The number of hydrogen-bond donors (Lipinski definition) is 1. The quantitative estimate of drug-likeness (QED) is 0.834. The lowest BCUT2D eigenvalue weighted by Crippen LogP contribution is -1.89. The van der Waals surface area contributed by atoms with Crippen molar-refractivity contribution in [2.24, 2.45) is 0 Å². The summed E-state index contributed by atoms with van der Waals surface area (Å²) in [6, 6.07) is 15.2. The van der Waals surface area contributed by atoms with Gasteiger partial charge in [-0.15, -0.1) is 11.8 Å². The molecule has 0 aliphatic carbocycles. The summed E-state index contributed by atoms with van der Waals surface area (Å²) in [6.07, 6.45) is 0. The summed E-state index contributed by atoms with van der Waals surface area (Å²) >= 11 is 1.72. The average molecular weight is 246 g/mol. The van der Waals surface area contributed by atoms with Crippen LogP contribution in [0.4, 0.5) is 0 Å². The van der Waals surface area contributed by atoms with Crippen LogP contribution in [0.2, 0.25) is 0 Å². The van der Waals surface area contributed by atoms with Crippen LogP contribution in [-0.4, -0.2) is 12.2 Å². The lowest BCUT2D eigenvalue weighted by molar-refractivity contribution is 0.411. The number of para-hydroxylation sites is 1. The first-order valence-corrected chi connectivity index (χ1v) is 6.32. The van der Waals surface area contributed by atoms with E-state index in [1.54, 1.807) is 31.0 Å². The predicted molar refractivity (Wildman–Crippen MR) is 70.7 cm³/mol. The summed E-state index contributed by atoms with van der Waals surface area (Å²) in [6.45, 7) is 0. The third-order valence-electron chi connectivity index (χ3n) is 2.42. The Bertz CT molecular complexity index is 480. The molecule has 0 atom stereocenters. The summed E-state index contributed by atoms with van der Waals surface area (Å²) in [7, 11) is 1.68. The lowest BCUT2D eigenvalue weighted by Gasteiger charge is -2.07. The molecule has 2 rings (SSSR count). The molecule has 0 aromatic heterocycles. The minimum atomic E-state index is 0.298. The molecule has 88 valence electrons. The zero-order valence-corrected chi connectivity index (χ0v) is 10.4. The van der Waals surface area contributed by atoms with Crippen LogP contribution >= 0.6 is 11.8 Å². The standard InChI is InChI=1S/C14H14O2S/c1-16-14-5-3-2-4-11(14)10-17-13-8-6-12(15)7-9-13/h2-9,15H,10H2,1H3. The zero-order valence-electron chi connectivity index (χ0n) is 9.59. The number of phenolic OH excluding ortho intramolecular Hbond substituents is 1. The molecule has 0 unspecified atom stereocenters. The van der Waals surface area contributed by atoms with Gasteiger partial charge < -0.3 is 9.84 Å². The van der Waals surface area contributed by atoms with Crippen molar-refractivity contribution in [3.05, 3.63) is 54.1 Å². The molecule has 2 aromatic rings. The zero-order chi connectivity index (χ0) is 12.1. The summed E-state index contributed by atoms with van der Waals surface area (Å²) < 4.78 is 5.30. The number of phenols is 1. The van der Waals surface area contributed by atoms with E-state index >= 15 is 0 Å². The highest BCUT2D eigenvalue weighted by molar-refractivity contribution is 7.98. The molecule has 2 nitrogen and oxygen atoms in total. The second-order valence-corrected chi connectivity index (χ2v) is 4.64. The Morgan fingerprint density at radius 2 is 1.76 bits per heavy atom. The fourth-order valence-corrected chi connectivity index (χ4v) is 2.41. The number of thioether (sulfide) groups is 1. The van der Waals surface area contributed by atoms with Gasteiger partial charge in [0, 0.05) is 16.2 Å². The molecular formula is C14H14O2S. The van der Waals surface area contributed by atoms with E-state index in [0.29, 0.717) is 5.75 Å². The fourth-order valence-electron chi connectivity index (χ4n) is 1.53. The highest BCUT2D eigenvalue weighted by atomic mass is 32.2. The lowest BCUT2D eigenvalue weighted by atomic mass is 10.2. The van der Waals surface area contributed by atoms with Gasteiger partial charge in [0.25, 0.3) is 0 Å².